The number of aryl methyl sites for hydroxylation is 2. The number of fused-ring (bicyclic) bond motifs is 1. The molecular weight excluding hydrogens is 276 g/mol. The van der Waals surface area contributed by atoms with Gasteiger partial charge in [-0.2, -0.15) is 0 Å². The van der Waals surface area contributed by atoms with Crippen LogP contribution in [0.5, 0.6) is 0 Å². The molecule has 2 aromatic rings. The molecule has 0 saturated carbocycles. The molecule has 0 saturated heterocycles. The minimum Gasteiger partial charge on any atom is -0.485 e. The maximum Gasteiger partial charge on any atom is 0.264 e. The van der Waals surface area contributed by atoms with Crippen molar-refractivity contribution in [1.82, 2.24) is 10.3 Å². The van der Waals surface area contributed by atoms with Crippen molar-refractivity contribution in [1.29, 1.82) is 0 Å². The molecule has 3 rings (SSSR count). The number of H-pyrrole nitrogens is 1. The van der Waals surface area contributed by atoms with Crippen molar-refractivity contribution < 1.29 is 9.53 Å². The first-order chi connectivity index (χ1) is 10.5. The van der Waals surface area contributed by atoms with Crippen molar-refractivity contribution >= 4 is 16.8 Å². The summed E-state index contributed by atoms with van der Waals surface area (Å²) in [7, 11) is 0. The lowest BCUT2D eigenvalue weighted by Gasteiger charge is -2.22. The van der Waals surface area contributed by atoms with Gasteiger partial charge in [-0.15, -0.1) is 0 Å². The van der Waals surface area contributed by atoms with E-state index in [0.29, 0.717) is 13.0 Å². The van der Waals surface area contributed by atoms with E-state index in [1.165, 1.54) is 27.7 Å². The van der Waals surface area contributed by atoms with Crippen LogP contribution in [0.2, 0.25) is 0 Å². The Morgan fingerprint density at radius 3 is 2.95 bits per heavy atom. The Morgan fingerprint density at radius 2 is 2.23 bits per heavy atom. The number of aromatic nitrogens is 1. The van der Waals surface area contributed by atoms with Crippen LogP contribution in [0.25, 0.3) is 10.9 Å². The Kier molecular flexibility index (Phi) is 3.69. The summed E-state index contributed by atoms with van der Waals surface area (Å²) in [5.41, 5.74) is 4.13. The fourth-order valence-corrected chi connectivity index (χ4v) is 3.03. The number of amides is 1. The molecule has 1 atom stereocenters. The van der Waals surface area contributed by atoms with Crippen molar-refractivity contribution in [2.75, 3.05) is 6.54 Å². The maximum absolute atomic E-state index is 12.2. The highest BCUT2D eigenvalue weighted by molar-refractivity contribution is 5.88. The molecule has 0 fully saturated rings. The van der Waals surface area contributed by atoms with E-state index in [4.69, 9.17) is 4.74 Å². The average Bonchev–Trinajstić information content (AvgIpc) is 3.06. The molecule has 116 valence electrons. The van der Waals surface area contributed by atoms with Gasteiger partial charge in [0, 0.05) is 29.6 Å². The molecule has 1 amide bonds. The predicted octanol–water partition coefficient (Wildman–Crippen LogP) is 3.14. The second-order valence-electron chi connectivity index (χ2n) is 6.16. The first-order valence-electron chi connectivity index (χ1n) is 7.69. The summed E-state index contributed by atoms with van der Waals surface area (Å²) in [5, 5.41) is 4.24. The van der Waals surface area contributed by atoms with E-state index in [2.05, 4.69) is 42.3 Å². The number of ether oxygens (including phenoxy) is 1. The van der Waals surface area contributed by atoms with Crippen LogP contribution in [-0.2, 0) is 16.0 Å². The standard InChI is InChI=1S/C18H22N2O2/c1-12-6-4-7-15-14(13(2)20-16(12)15)8-10-19-17(21)18(3)9-5-11-22-18/h4-7,11,20H,8-10H2,1-3H3,(H,19,21). The van der Waals surface area contributed by atoms with E-state index in [1.807, 2.05) is 13.0 Å². The molecule has 4 nitrogen and oxygen atoms in total. The summed E-state index contributed by atoms with van der Waals surface area (Å²) >= 11 is 0. The van der Waals surface area contributed by atoms with Crippen LogP contribution < -0.4 is 5.32 Å². The molecule has 0 aliphatic carbocycles. The number of carbonyl (C=O) groups excluding carboxylic acids is 1. The van der Waals surface area contributed by atoms with Crippen molar-refractivity contribution in [3.05, 3.63) is 47.4 Å². The molecule has 1 aliphatic heterocycles. The lowest BCUT2D eigenvalue weighted by atomic mass is 10.0. The molecule has 2 heterocycles. The van der Waals surface area contributed by atoms with Gasteiger partial charge in [0.15, 0.2) is 5.60 Å². The highest BCUT2D eigenvalue weighted by Gasteiger charge is 2.35. The Balaban J connectivity index is 1.68. The van der Waals surface area contributed by atoms with Crippen molar-refractivity contribution in [2.45, 2.75) is 39.2 Å². The van der Waals surface area contributed by atoms with Gasteiger partial charge >= 0.3 is 0 Å². The monoisotopic (exact) mass is 298 g/mol. The van der Waals surface area contributed by atoms with Crippen LogP contribution in [0.3, 0.4) is 0 Å². The van der Waals surface area contributed by atoms with E-state index in [-0.39, 0.29) is 5.91 Å². The van der Waals surface area contributed by atoms with Gasteiger partial charge in [0.25, 0.3) is 5.91 Å². The first-order valence-corrected chi connectivity index (χ1v) is 7.69. The summed E-state index contributed by atoms with van der Waals surface area (Å²) < 4.78 is 5.40. The first kappa shape index (κ1) is 14.7. The second kappa shape index (κ2) is 5.52. The van der Waals surface area contributed by atoms with E-state index in [9.17, 15) is 4.79 Å². The van der Waals surface area contributed by atoms with Gasteiger partial charge in [-0.25, -0.2) is 0 Å². The van der Waals surface area contributed by atoms with Crippen LogP contribution in [-0.4, -0.2) is 23.0 Å². The number of benzene rings is 1. The van der Waals surface area contributed by atoms with Crippen molar-refractivity contribution in [3.63, 3.8) is 0 Å². The largest absolute Gasteiger partial charge is 0.485 e. The van der Waals surface area contributed by atoms with Gasteiger partial charge in [0.1, 0.15) is 0 Å². The normalized spacial score (nSPS) is 20.3. The predicted molar refractivity (Wildman–Crippen MR) is 87.7 cm³/mol. The summed E-state index contributed by atoms with van der Waals surface area (Å²) in [6.07, 6.45) is 4.92. The molecule has 1 unspecified atom stereocenters. The molecule has 4 heteroatoms. The summed E-state index contributed by atoms with van der Waals surface area (Å²) in [6, 6.07) is 6.31. The van der Waals surface area contributed by atoms with Crippen LogP contribution in [0.1, 0.15) is 30.2 Å². The number of aromatic amines is 1. The van der Waals surface area contributed by atoms with Crippen LogP contribution >= 0.6 is 0 Å². The van der Waals surface area contributed by atoms with Crippen LogP contribution in [0, 0.1) is 13.8 Å². The van der Waals surface area contributed by atoms with Gasteiger partial charge in [-0.3, -0.25) is 4.79 Å². The molecule has 2 N–H and O–H groups in total. The van der Waals surface area contributed by atoms with E-state index >= 15 is 0 Å². The third-order valence-corrected chi connectivity index (χ3v) is 4.44. The number of para-hydroxylation sites is 1. The maximum atomic E-state index is 12.2. The average molecular weight is 298 g/mol. The fourth-order valence-electron chi connectivity index (χ4n) is 3.03. The highest BCUT2D eigenvalue weighted by Crippen LogP contribution is 2.25. The third-order valence-electron chi connectivity index (χ3n) is 4.44. The lowest BCUT2D eigenvalue weighted by Crippen LogP contribution is -2.44. The van der Waals surface area contributed by atoms with Crippen LogP contribution in [0.15, 0.2) is 30.5 Å². The smallest absolute Gasteiger partial charge is 0.264 e. The van der Waals surface area contributed by atoms with Gasteiger partial charge in [-0.05, 0) is 44.4 Å². The number of nitrogens with one attached hydrogen (secondary N) is 2. The molecule has 1 aliphatic rings. The second-order valence-corrected chi connectivity index (χ2v) is 6.16. The van der Waals surface area contributed by atoms with Gasteiger partial charge in [-0.1, -0.05) is 18.2 Å². The van der Waals surface area contributed by atoms with Gasteiger partial charge in [0.05, 0.1) is 6.26 Å². The minimum absolute atomic E-state index is 0.0498. The SMILES string of the molecule is Cc1[nH]c2c(C)cccc2c1CCNC(=O)C1(C)CC=CO1. The molecule has 22 heavy (non-hydrogen) atoms. The molecular formula is C18H22N2O2. The zero-order valence-electron chi connectivity index (χ0n) is 13.3. The van der Waals surface area contributed by atoms with Crippen LogP contribution in [0.4, 0.5) is 0 Å². The van der Waals surface area contributed by atoms with Crippen molar-refractivity contribution in [3.8, 4) is 0 Å². The minimum atomic E-state index is -0.744. The third kappa shape index (κ3) is 2.49. The zero-order chi connectivity index (χ0) is 15.7. The molecule has 1 aromatic heterocycles. The summed E-state index contributed by atoms with van der Waals surface area (Å²) in [5.74, 6) is -0.0498. The Hall–Kier alpha value is -2.23. The topological polar surface area (TPSA) is 54.1 Å². The Morgan fingerprint density at radius 1 is 1.41 bits per heavy atom. The number of carbonyl (C=O) groups is 1. The number of hydrogen-bond acceptors (Lipinski definition) is 2. The Labute approximate surface area is 130 Å². The van der Waals surface area contributed by atoms with E-state index in [1.54, 1.807) is 6.26 Å². The van der Waals surface area contributed by atoms with Crippen molar-refractivity contribution in [2.24, 2.45) is 0 Å². The zero-order valence-corrected chi connectivity index (χ0v) is 13.3. The van der Waals surface area contributed by atoms with Gasteiger partial charge < -0.3 is 15.0 Å². The molecule has 0 radical (unpaired) electrons. The van der Waals surface area contributed by atoms with E-state index < -0.39 is 5.60 Å². The fraction of sp³-hybridized carbons (Fsp3) is 0.389. The number of rotatable bonds is 4. The van der Waals surface area contributed by atoms with E-state index in [0.717, 1.165) is 6.42 Å². The lowest BCUT2D eigenvalue weighted by molar-refractivity contribution is -0.136. The summed E-state index contributed by atoms with van der Waals surface area (Å²) in [6.45, 7) is 6.62. The number of hydrogen-bond donors (Lipinski definition) is 2. The quantitative estimate of drug-likeness (QED) is 0.911. The summed E-state index contributed by atoms with van der Waals surface area (Å²) in [4.78, 5) is 15.7. The van der Waals surface area contributed by atoms with Gasteiger partial charge in [0.2, 0.25) is 0 Å². The molecule has 1 aromatic carbocycles. The Bertz CT molecular complexity index is 735. The highest BCUT2D eigenvalue weighted by atomic mass is 16.5. The molecule has 0 bridgehead atoms. The molecule has 0 spiro atoms.